The van der Waals surface area contributed by atoms with Gasteiger partial charge in [0, 0.05) is 0 Å². The lowest BCUT2D eigenvalue weighted by atomic mass is 9.79. The van der Waals surface area contributed by atoms with Crippen LogP contribution in [0.5, 0.6) is 0 Å². The molecule has 0 amide bonds. The summed E-state index contributed by atoms with van der Waals surface area (Å²) < 4.78 is 34.1. The smallest absolute Gasteiger partial charge is 0.306 e. The average molecular weight is 312 g/mol. The van der Waals surface area contributed by atoms with Crippen LogP contribution in [0.2, 0.25) is 0 Å². The minimum absolute atomic E-state index is 0.0694. The van der Waals surface area contributed by atoms with E-state index in [4.69, 9.17) is 8.92 Å². The molecule has 1 aliphatic rings. The lowest BCUT2D eigenvalue weighted by Crippen LogP contribution is -2.31. The molecule has 2 rings (SSSR count). The Bertz CT molecular complexity index is 605. The topological polar surface area (TPSA) is 69.7 Å². The van der Waals surface area contributed by atoms with Crippen molar-refractivity contribution in [3.63, 3.8) is 0 Å². The molecule has 21 heavy (non-hydrogen) atoms. The second kappa shape index (κ2) is 6.15. The van der Waals surface area contributed by atoms with E-state index in [2.05, 4.69) is 0 Å². The fourth-order valence-corrected chi connectivity index (χ4v) is 3.19. The largest absolute Gasteiger partial charge is 0.466 e. The van der Waals surface area contributed by atoms with Crippen molar-refractivity contribution in [3.8, 4) is 0 Å². The Hall–Kier alpha value is -1.40. The van der Waals surface area contributed by atoms with Gasteiger partial charge in [-0.15, -0.1) is 0 Å². The van der Waals surface area contributed by atoms with Crippen molar-refractivity contribution in [1.29, 1.82) is 0 Å². The van der Waals surface area contributed by atoms with Crippen LogP contribution in [0.15, 0.2) is 29.2 Å². The fraction of sp³-hybridized carbons (Fsp3) is 0.533. The molecule has 1 heterocycles. The van der Waals surface area contributed by atoms with Crippen molar-refractivity contribution in [1.82, 2.24) is 0 Å². The normalized spacial score (nSPS) is 22.9. The molecule has 1 aromatic rings. The Kier molecular flexibility index (Phi) is 4.68. The van der Waals surface area contributed by atoms with Gasteiger partial charge in [0.25, 0.3) is 10.1 Å². The molecule has 0 saturated carbocycles. The number of cyclic esters (lactones) is 1. The number of carbonyl (C=O) groups excluding carboxylic acids is 1. The molecule has 1 aliphatic heterocycles. The van der Waals surface area contributed by atoms with Gasteiger partial charge < -0.3 is 4.74 Å². The monoisotopic (exact) mass is 312 g/mol. The van der Waals surface area contributed by atoms with Gasteiger partial charge in [0.1, 0.15) is 0 Å². The van der Waals surface area contributed by atoms with Gasteiger partial charge in [-0.05, 0) is 37.3 Å². The molecule has 0 aliphatic carbocycles. The summed E-state index contributed by atoms with van der Waals surface area (Å²) in [6.45, 7) is 4.30. The highest BCUT2D eigenvalue weighted by Crippen LogP contribution is 2.34. The highest BCUT2D eigenvalue weighted by atomic mass is 32.2. The molecule has 0 unspecified atom stereocenters. The number of hydrogen-bond donors (Lipinski definition) is 0. The van der Waals surface area contributed by atoms with Crippen LogP contribution in [0.1, 0.15) is 31.7 Å². The van der Waals surface area contributed by atoms with E-state index in [9.17, 15) is 13.2 Å². The van der Waals surface area contributed by atoms with Gasteiger partial charge in [-0.25, -0.2) is 0 Å². The molecular formula is C15H20O5S. The van der Waals surface area contributed by atoms with Crippen molar-refractivity contribution in [2.45, 2.75) is 38.0 Å². The lowest BCUT2D eigenvalue weighted by molar-refractivity contribution is -0.153. The fourth-order valence-electron chi connectivity index (χ4n) is 2.28. The summed E-state index contributed by atoms with van der Waals surface area (Å²) in [5.74, 6) is -0.231. The van der Waals surface area contributed by atoms with Gasteiger partial charge >= 0.3 is 5.97 Å². The zero-order valence-electron chi connectivity index (χ0n) is 12.3. The standard InChI is InChI=1S/C15H20O5S/c1-12-3-5-13(6-4-12)21(17,18)20-10-8-15(2)7-9-19-14(16)11-15/h3-6H,7-11H2,1-2H3/t15-/m0/s1. The average Bonchev–Trinajstić information content (AvgIpc) is 2.38. The Balaban J connectivity index is 1.93. The first kappa shape index (κ1) is 16.0. The minimum atomic E-state index is -3.73. The number of ether oxygens (including phenoxy) is 1. The molecule has 1 saturated heterocycles. The molecular weight excluding hydrogens is 292 g/mol. The van der Waals surface area contributed by atoms with E-state index in [1.54, 1.807) is 12.1 Å². The van der Waals surface area contributed by atoms with Gasteiger partial charge in [0.15, 0.2) is 0 Å². The summed E-state index contributed by atoms with van der Waals surface area (Å²) >= 11 is 0. The molecule has 1 fully saturated rings. The predicted octanol–water partition coefficient (Wildman–Crippen LogP) is 2.43. The number of esters is 1. The molecule has 116 valence electrons. The van der Waals surface area contributed by atoms with Crippen LogP contribution in [0.4, 0.5) is 0 Å². The maximum absolute atomic E-state index is 12.0. The van der Waals surface area contributed by atoms with Gasteiger partial charge in [-0.3, -0.25) is 8.98 Å². The summed E-state index contributed by atoms with van der Waals surface area (Å²) in [5.41, 5.74) is 0.736. The van der Waals surface area contributed by atoms with E-state index in [1.165, 1.54) is 12.1 Å². The van der Waals surface area contributed by atoms with Crippen molar-refractivity contribution < 1.29 is 22.1 Å². The third-order valence-electron chi connectivity index (χ3n) is 3.79. The van der Waals surface area contributed by atoms with Crippen molar-refractivity contribution in [2.75, 3.05) is 13.2 Å². The summed E-state index contributed by atoms with van der Waals surface area (Å²) in [4.78, 5) is 11.5. The van der Waals surface area contributed by atoms with Gasteiger partial charge in [-0.1, -0.05) is 24.6 Å². The predicted molar refractivity (Wildman–Crippen MR) is 77.2 cm³/mol. The van der Waals surface area contributed by atoms with Crippen LogP contribution in [-0.4, -0.2) is 27.6 Å². The first-order valence-electron chi connectivity index (χ1n) is 6.93. The number of benzene rings is 1. The Labute approximate surface area is 125 Å². The van der Waals surface area contributed by atoms with Crippen LogP contribution >= 0.6 is 0 Å². The highest BCUT2D eigenvalue weighted by molar-refractivity contribution is 7.86. The van der Waals surface area contributed by atoms with Crippen molar-refractivity contribution in [2.24, 2.45) is 5.41 Å². The quantitative estimate of drug-likeness (QED) is 0.617. The SMILES string of the molecule is Cc1ccc(S(=O)(=O)OCC[C@]2(C)CCOC(=O)C2)cc1. The molecule has 0 radical (unpaired) electrons. The first-order chi connectivity index (χ1) is 9.81. The molecule has 5 nitrogen and oxygen atoms in total. The van der Waals surface area contributed by atoms with Crippen molar-refractivity contribution in [3.05, 3.63) is 29.8 Å². The van der Waals surface area contributed by atoms with Gasteiger partial charge in [-0.2, -0.15) is 8.42 Å². The molecule has 1 atom stereocenters. The number of hydrogen-bond acceptors (Lipinski definition) is 5. The van der Waals surface area contributed by atoms with Crippen LogP contribution in [-0.2, 0) is 23.8 Å². The van der Waals surface area contributed by atoms with E-state index < -0.39 is 10.1 Å². The molecule has 0 aromatic heterocycles. The second-order valence-corrected chi connectivity index (χ2v) is 7.41. The third kappa shape index (κ3) is 4.28. The second-order valence-electron chi connectivity index (χ2n) is 5.80. The van der Waals surface area contributed by atoms with E-state index in [-0.39, 0.29) is 22.9 Å². The van der Waals surface area contributed by atoms with Crippen LogP contribution in [0.25, 0.3) is 0 Å². The molecule has 0 N–H and O–H groups in total. The first-order valence-corrected chi connectivity index (χ1v) is 8.33. The Morgan fingerprint density at radius 3 is 2.57 bits per heavy atom. The van der Waals surface area contributed by atoms with Crippen LogP contribution in [0, 0.1) is 12.3 Å². The van der Waals surface area contributed by atoms with Crippen molar-refractivity contribution >= 4 is 16.1 Å². The van der Waals surface area contributed by atoms with E-state index in [1.807, 2.05) is 13.8 Å². The van der Waals surface area contributed by atoms with E-state index >= 15 is 0 Å². The molecule has 0 spiro atoms. The maximum Gasteiger partial charge on any atom is 0.306 e. The Morgan fingerprint density at radius 2 is 1.95 bits per heavy atom. The summed E-state index contributed by atoms with van der Waals surface area (Å²) in [6.07, 6.45) is 1.54. The van der Waals surface area contributed by atoms with E-state index in [0.29, 0.717) is 19.4 Å². The molecule has 1 aromatic carbocycles. The summed E-state index contributed by atoms with van der Waals surface area (Å²) in [7, 11) is -3.73. The lowest BCUT2D eigenvalue weighted by Gasteiger charge is -2.32. The van der Waals surface area contributed by atoms with Gasteiger partial charge in [0.05, 0.1) is 24.5 Å². The summed E-state index contributed by atoms with van der Waals surface area (Å²) in [6, 6.07) is 6.53. The van der Waals surface area contributed by atoms with Crippen LogP contribution < -0.4 is 0 Å². The number of carbonyl (C=O) groups is 1. The number of aryl methyl sites for hydroxylation is 1. The minimum Gasteiger partial charge on any atom is -0.466 e. The Morgan fingerprint density at radius 1 is 1.29 bits per heavy atom. The third-order valence-corrected chi connectivity index (χ3v) is 5.12. The zero-order valence-corrected chi connectivity index (χ0v) is 13.1. The number of rotatable bonds is 5. The maximum atomic E-state index is 12.0. The zero-order chi connectivity index (χ0) is 15.5. The summed E-state index contributed by atoms with van der Waals surface area (Å²) in [5, 5.41) is 0. The van der Waals surface area contributed by atoms with Gasteiger partial charge in [0.2, 0.25) is 0 Å². The van der Waals surface area contributed by atoms with Crippen LogP contribution in [0.3, 0.4) is 0 Å². The highest BCUT2D eigenvalue weighted by Gasteiger charge is 2.32. The van der Waals surface area contributed by atoms with E-state index in [0.717, 1.165) is 12.0 Å². The molecule has 0 bridgehead atoms. The molecule has 6 heteroatoms.